The van der Waals surface area contributed by atoms with E-state index in [9.17, 15) is 9.59 Å². The minimum Gasteiger partial charge on any atom is -0.352 e. The summed E-state index contributed by atoms with van der Waals surface area (Å²) in [6.07, 6.45) is 3.45. The molecule has 0 spiro atoms. The molecule has 1 N–H and O–H groups in total. The van der Waals surface area contributed by atoms with E-state index in [1.807, 2.05) is 39.0 Å². The van der Waals surface area contributed by atoms with Crippen molar-refractivity contribution in [2.75, 3.05) is 13.1 Å². The van der Waals surface area contributed by atoms with Crippen LogP contribution in [0.15, 0.2) is 42.7 Å². The van der Waals surface area contributed by atoms with Crippen molar-refractivity contribution < 1.29 is 9.59 Å². The van der Waals surface area contributed by atoms with Crippen LogP contribution >= 0.6 is 0 Å². The van der Waals surface area contributed by atoms with Crippen LogP contribution in [0.3, 0.4) is 0 Å². The van der Waals surface area contributed by atoms with E-state index in [1.54, 1.807) is 29.2 Å². The van der Waals surface area contributed by atoms with Gasteiger partial charge in [-0.1, -0.05) is 12.1 Å². The molecule has 1 aromatic carbocycles. The van der Waals surface area contributed by atoms with Crippen LogP contribution in [-0.4, -0.2) is 45.6 Å². The molecule has 2 aromatic rings. The lowest BCUT2D eigenvalue weighted by Crippen LogP contribution is -2.42. The Morgan fingerprint density at radius 2 is 2.00 bits per heavy atom. The summed E-state index contributed by atoms with van der Waals surface area (Å²) in [7, 11) is 0. The van der Waals surface area contributed by atoms with Crippen LogP contribution in [0.4, 0.5) is 0 Å². The summed E-state index contributed by atoms with van der Waals surface area (Å²) in [5.74, 6) is -0.343. The van der Waals surface area contributed by atoms with Gasteiger partial charge in [0.2, 0.25) is 5.91 Å². The van der Waals surface area contributed by atoms with Crippen LogP contribution in [-0.2, 0) is 4.79 Å². The molecular weight excluding hydrogens is 292 g/mol. The van der Waals surface area contributed by atoms with E-state index in [1.165, 1.54) is 4.90 Å². The number of carbonyl (C=O) groups is 2. The van der Waals surface area contributed by atoms with Gasteiger partial charge >= 0.3 is 0 Å². The molecule has 0 bridgehead atoms. The Labute approximate surface area is 136 Å². The van der Waals surface area contributed by atoms with Crippen LogP contribution < -0.4 is 5.32 Å². The first-order chi connectivity index (χ1) is 11.0. The number of hydrogen-bond acceptors (Lipinski definition) is 3. The second-order valence-electron chi connectivity index (χ2n) is 5.51. The lowest BCUT2D eigenvalue weighted by atomic mass is 10.1. The fourth-order valence-corrected chi connectivity index (χ4v) is 2.30. The van der Waals surface area contributed by atoms with Crippen molar-refractivity contribution in [1.82, 2.24) is 20.0 Å². The zero-order valence-corrected chi connectivity index (χ0v) is 13.7. The molecule has 0 unspecified atom stereocenters. The number of amides is 2. The summed E-state index contributed by atoms with van der Waals surface area (Å²) in [4.78, 5) is 26.3. The number of rotatable bonds is 6. The first kappa shape index (κ1) is 16.7. The Balaban J connectivity index is 2.23. The number of likely N-dealkylation sites (N-methyl/N-ethyl adjacent to an activating group) is 1. The second kappa shape index (κ2) is 7.58. The highest BCUT2D eigenvalue weighted by Gasteiger charge is 2.20. The standard InChI is InChI=1S/C17H22N4O2/c1-4-20(12-16(22)19-13(2)3)17(23)14-8-5-6-9-15(14)21-11-7-10-18-21/h5-11,13H,4,12H2,1-3H3,(H,19,22). The number of aromatic nitrogens is 2. The summed E-state index contributed by atoms with van der Waals surface area (Å²) in [6, 6.07) is 9.10. The number of carbonyl (C=O) groups excluding carboxylic acids is 2. The molecule has 0 fully saturated rings. The van der Waals surface area contributed by atoms with Gasteiger partial charge in [-0.2, -0.15) is 5.10 Å². The molecule has 0 aliphatic rings. The third-order valence-corrected chi connectivity index (χ3v) is 3.34. The minimum atomic E-state index is -0.183. The third kappa shape index (κ3) is 4.18. The molecule has 1 aromatic heterocycles. The van der Waals surface area contributed by atoms with E-state index in [4.69, 9.17) is 0 Å². The SMILES string of the molecule is CCN(CC(=O)NC(C)C)C(=O)c1ccccc1-n1cccn1. The van der Waals surface area contributed by atoms with Crippen molar-refractivity contribution in [2.24, 2.45) is 0 Å². The van der Waals surface area contributed by atoms with Crippen molar-refractivity contribution in [3.05, 3.63) is 48.3 Å². The quantitative estimate of drug-likeness (QED) is 0.885. The molecule has 0 saturated carbocycles. The predicted octanol–water partition coefficient (Wildman–Crippen LogP) is 1.86. The van der Waals surface area contributed by atoms with Crippen molar-refractivity contribution in [3.63, 3.8) is 0 Å². The maximum atomic E-state index is 12.8. The van der Waals surface area contributed by atoms with Gasteiger partial charge in [-0.05, 0) is 39.0 Å². The Hall–Kier alpha value is -2.63. The van der Waals surface area contributed by atoms with Gasteiger partial charge in [-0.15, -0.1) is 0 Å². The van der Waals surface area contributed by atoms with Gasteiger partial charge in [0, 0.05) is 25.0 Å². The first-order valence-electron chi connectivity index (χ1n) is 7.70. The maximum Gasteiger partial charge on any atom is 0.256 e. The molecule has 2 rings (SSSR count). The Kier molecular flexibility index (Phi) is 5.51. The molecule has 0 atom stereocenters. The monoisotopic (exact) mass is 314 g/mol. The molecule has 122 valence electrons. The number of benzene rings is 1. The fraction of sp³-hybridized carbons (Fsp3) is 0.353. The number of nitrogens with one attached hydrogen (secondary N) is 1. The number of nitrogens with zero attached hydrogens (tertiary/aromatic N) is 3. The van der Waals surface area contributed by atoms with Gasteiger partial charge in [-0.25, -0.2) is 4.68 Å². The smallest absolute Gasteiger partial charge is 0.256 e. The summed E-state index contributed by atoms with van der Waals surface area (Å²) < 4.78 is 1.65. The summed E-state index contributed by atoms with van der Waals surface area (Å²) in [5, 5.41) is 6.99. The third-order valence-electron chi connectivity index (χ3n) is 3.34. The van der Waals surface area contributed by atoms with E-state index in [0.717, 1.165) is 0 Å². The summed E-state index contributed by atoms with van der Waals surface area (Å²) in [5.41, 5.74) is 1.22. The van der Waals surface area contributed by atoms with Gasteiger partial charge in [0.05, 0.1) is 17.8 Å². The molecule has 6 heteroatoms. The first-order valence-corrected chi connectivity index (χ1v) is 7.70. The molecule has 23 heavy (non-hydrogen) atoms. The molecule has 0 saturated heterocycles. The Morgan fingerprint density at radius 1 is 1.26 bits per heavy atom. The highest BCUT2D eigenvalue weighted by molar-refractivity contribution is 5.99. The molecule has 0 aliphatic heterocycles. The van der Waals surface area contributed by atoms with Crippen molar-refractivity contribution >= 4 is 11.8 Å². The largest absolute Gasteiger partial charge is 0.352 e. The minimum absolute atomic E-state index is 0.0426. The number of hydrogen-bond donors (Lipinski definition) is 1. The number of para-hydroxylation sites is 1. The van der Waals surface area contributed by atoms with Crippen LogP contribution in [0.1, 0.15) is 31.1 Å². The summed E-state index contributed by atoms with van der Waals surface area (Å²) in [6.45, 7) is 6.14. The normalized spacial score (nSPS) is 10.6. The zero-order chi connectivity index (χ0) is 16.8. The molecular formula is C17H22N4O2. The van der Waals surface area contributed by atoms with Crippen LogP contribution in [0.5, 0.6) is 0 Å². The maximum absolute atomic E-state index is 12.8. The van der Waals surface area contributed by atoms with Crippen molar-refractivity contribution in [3.8, 4) is 5.69 Å². The van der Waals surface area contributed by atoms with E-state index < -0.39 is 0 Å². The zero-order valence-electron chi connectivity index (χ0n) is 13.7. The van der Waals surface area contributed by atoms with Crippen LogP contribution in [0.25, 0.3) is 5.69 Å². The van der Waals surface area contributed by atoms with Gasteiger partial charge < -0.3 is 10.2 Å². The van der Waals surface area contributed by atoms with Gasteiger partial charge in [0.1, 0.15) is 0 Å². The van der Waals surface area contributed by atoms with Crippen molar-refractivity contribution in [2.45, 2.75) is 26.8 Å². The highest BCUT2D eigenvalue weighted by Crippen LogP contribution is 2.15. The van der Waals surface area contributed by atoms with Crippen molar-refractivity contribution in [1.29, 1.82) is 0 Å². The van der Waals surface area contributed by atoms with E-state index in [2.05, 4.69) is 10.4 Å². The fourth-order valence-electron chi connectivity index (χ4n) is 2.30. The lowest BCUT2D eigenvalue weighted by Gasteiger charge is -2.22. The molecule has 1 heterocycles. The predicted molar refractivity (Wildman–Crippen MR) is 88.4 cm³/mol. The van der Waals surface area contributed by atoms with E-state index in [0.29, 0.717) is 17.8 Å². The van der Waals surface area contributed by atoms with Gasteiger partial charge in [-0.3, -0.25) is 9.59 Å². The van der Waals surface area contributed by atoms with E-state index in [-0.39, 0.29) is 24.4 Å². The highest BCUT2D eigenvalue weighted by atomic mass is 16.2. The van der Waals surface area contributed by atoms with Gasteiger partial charge in [0.25, 0.3) is 5.91 Å². The van der Waals surface area contributed by atoms with Crippen LogP contribution in [0.2, 0.25) is 0 Å². The molecule has 2 amide bonds. The van der Waals surface area contributed by atoms with Crippen LogP contribution in [0, 0.1) is 0 Å². The Bertz CT molecular complexity index is 665. The average Bonchev–Trinajstić information content (AvgIpc) is 3.05. The summed E-state index contributed by atoms with van der Waals surface area (Å²) >= 11 is 0. The molecule has 6 nitrogen and oxygen atoms in total. The average molecular weight is 314 g/mol. The van der Waals surface area contributed by atoms with E-state index >= 15 is 0 Å². The molecule has 0 radical (unpaired) electrons. The second-order valence-corrected chi connectivity index (χ2v) is 5.51. The van der Waals surface area contributed by atoms with Gasteiger partial charge in [0.15, 0.2) is 0 Å². The Morgan fingerprint density at radius 3 is 2.61 bits per heavy atom. The topological polar surface area (TPSA) is 67.2 Å². The molecule has 0 aliphatic carbocycles. The lowest BCUT2D eigenvalue weighted by molar-refractivity contribution is -0.122.